The number of halogens is 1. The summed E-state index contributed by atoms with van der Waals surface area (Å²) < 4.78 is 0.680. The van der Waals surface area contributed by atoms with E-state index in [0.717, 1.165) is 18.4 Å². The summed E-state index contributed by atoms with van der Waals surface area (Å²) in [7, 11) is 0. The van der Waals surface area contributed by atoms with E-state index in [1.165, 1.54) is 30.0 Å². The maximum absolute atomic E-state index is 12.0. The maximum atomic E-state index is 12.0. The first-order chi connectivity index (χ1) is 12.0. The molecule has 0 unspecified atom stereocenters. The van der Waals surface area contributed by atoms with Gasteiger partial charge >= 0.3 is 0 Å². The average Bonchev–Trinajstić information content (AvgIpc) is 3.28. The van der Waals surface area contributed by atoms with E-state index in [9.17, 15) is 9.59 Å². The second-order valence-electron chi connectivity index (χ2n) is 5.67. The molecular weight excluding hydrogens is 380 g/mol. The summed E-state index contributed by atoms with van der Waals surface area (Å²) in [5.74, 6) is 0.139. The Hall–Kier alpha value is -1.64. The number of benzene rings is 1. The van der Waals surface area contributed by atoms with Gasteiger partial charge in [-0.05, 0) is 30.5 Å². The molecule has 9 heteroatoms. The molecule has 1 aliphatic carbocycles. The van der Waals surface area contributed by atoms with E-state index in [0.29, 0.717) is 21.0 Å². The zero-order valence-electron chi connectivity index (χ0n) is 13.6. The number of thioether (sulfide) groups is 1. The third-order valence-electron chi connectivity index (χ3n) is 3.56. The topological polar surface area (TPSA) is 75.2 Å². The molecule has 0 atom stereocenters. The van der Waals surface area contributed by atoms with Crippen LogP contribution in [0.5, 0.6) is 0 Å². The molecule has 25 heavy (non-hydrogen) atoms. The van der Waals surface area contributed by atoms with Crippen LogP contribution in [0.15, 0.2) is 28.6 Å². The lowest BCUT2D eigenvalue weighted by atomic mass is 10.2. The Bertz CT molecular complexity index is 779. The first-order valence-corrected chi connectivity index (χ1v) is 9.98. The van der Waals surface area contributed by atoms with Gasteiger partial charge in [-0.1, -0.05) is 46.8 Å². The van der Waals surface area contributed by atoms with Crippen LogP contribution in [0.4, 0.5) is 5.13 Å². The summed E-state index contributed by atoms with van der Waals surface area (Å²) >= 11 is 8.58. The van der Waals surface area contributed by atoms with E-state index in [1.54, 1.807) is 11.0 Å². The summed E-state index contributed by atoms with van der Waals surface area (Å²) in [6.07, 6.45) is 2.01. The van der Waals surface area contributed by atoms with E-state index in [-0.39, 0.29) is 23.6 Å². The Balaban J connectivity index is 1.48. The van der Waals surface area contributed by atoms with Crippen LogP contribution in [0.2, 0.25) is 5.02 Å². The lowest BCUT2D eigenvalue weighted by Crippen LogP contribution is -2.30. The van der Waals surface area contributed by atoms with Gasteiger partial charge in [-0.15, -0.1) is 10.2 Å². The predicted octanol–water partition coefficient (Wildman–Crippen LogP) is 3.12. The molecule has 2 aromatic rings. The fourth-order valence-electron chi connectivity index (χ4n) is 2.26. The minimum absolute atomic E-state index is 0.0190. The number of carbonyl (C=O) groups is 2. The van der Waals surface area contributed by atoms with Gasteiger partial charge in [0.2, 0.25) is 16.9 Å². The standard InChI is InChI=1S/C16H17ClN4O2S2/c1-10(22)21(13-5-6-13)15-19-20-16(25-15)24-9-14(23)18-8-11-3-2-4-12(17)7-11/h2-4,7,13H,5-6,8-9H2,1H3,(H,18,23). The fraction of sp³-hybridized carbons (Fsp3) is 0.375. The van der Waals surface area contributed by atoms with Crippen molar-refractivity contribution in [1.82, 2.24) is 15.5 Å². The highest BCUT2D eigenvalue weighted by molar-refractivity contribution is 8.01. The van der Waals surface area contributed by atoms with Crippen molar-refractivity contribution in [3.8, 4) is 0 Å². The van der Waals surface area contributed by atoms with Crippen molar-refractivity contribution in [2.75, 3.05) is 10.7 Å². The molecule has 6 nitrogen and oxygen atoms in total. The second-order valence-corrected chi connectivity index (χ2v) is 8.28. The second kappa shape index (κ2) is 8.16. The van der Waals surface area contributed by atoms with Crippen LogP contribution in [-0.2, 0) is 16.1 Å². The van der Waals surface area contributed by atoms with Crippen LogP contribution >= 0.6 is 34.7 Å². The number of amides is 2. The Morgan fingerprint density at radius 2 is 2.20 bits per heavy atom. The van der Waals surface area contributed by atoms with Crippen LogP contribution in [0, 0.1) is 0 Å². The third-order valence-corrected chi connectivity index (χ3v) is 5.85. The van der Waals surface area contributed by atoms with Crippen molar-refractivity contribution in [2.24, 2.45) is 0 Å². The maximum Gasteiger partial charge on any atom is 0.230 e. The van der Waals surface area contributed by atoms with Crippen LogP contribution in [0.25, 0.3) is 0 Å². The molecule has 0 saturated heterocycles. The van der Waals surface area contributed by atoms with Gasteiger partial charge < -0.3 is 5.32 Å². The molecule has 0 spiro atoms. The lowest BCUT2D eigenvalue weighted by molar-refractivity contribution is -0.119. The van der Waals surface area contributed by atoms with Crippen molar-refractivity contribution in [3.05, 3.63) is 34.9 Å². The SMILES string of the molecule is CC(=O)N(c1nnc(SCC(=O)NCc2cccc(Cl)c2)s1)C1CC1. The van der Waals surface area contributed by atoms with Crippen molar-refractivity contribution in [2.45, 2.75) is 36.7 Å². The van der Waals surface area contributed by atoms with Gasteiger partial charge in [-0.25, -0.2) is 0 Å². The largest absolute Gasteiger partial charge is 0.351 e. The van der Waals surface area contributed by atoms with Gasteiger partial charge in [-0.3, -0.25) is 14.5 Å². The van der Waals surface area contributed by atoms with Gasteiger partial charge in [0.25, 0.3) is 0 Å². The van der Waals surface area contributed by atoms with Gasteiger partial charge in [-0.2, -0.15) is 0 Å². The third kappa shape index (κ3) is 5.17. The zero-order valence-corrected chi connectivity index (χ0v) is 16.0. The number of carbonyl (C=O) groups excluding carboxylic acids is 2. The Kier molecular flexibility index (Phi) is 5.93. The first kappa shape index (κ1) is 18.2. The highest BCUT2D eigenvalue weighted by Gasteiger charge is 2.34. The molecular formula is C16H17ClN4O2S2. The van der Waals surface area contributed by atoms with Gasteiger partial charge in [0.1, 0.15) is 0 Å². The summed E-state index contributed by atoms with van der Waals surface area (Å²) in [6.45, 7) is 1.97. The minimum atomic E-state index is -0.0904. The van der Waals surface area contributed by atoms with E-state index in [2.05, 4.69) is 15.5 Å². The molecule has 132 valence electrons. The lowest BCUT2D eigenvalue weighted by Gasteiger charge is -2.15. The van der Waals surface area contributed by atoms with Gasteiger partial charge in [0.15, 0.2) is 4.34 Å². The molecule has 0 bridgehead atoms. The number of aromatic nitrogens is 2. The first-order valence-electron chi connectivity index (χ1n) is 7.80. The molecule has 1 saturated carbocycles. The summed E-state index contributed by atoms with van der Waals surface area (Å²) in [5.41, 5.74) is 0.950. The van der Waals surface area contributed by atoms with Gasteiger partial charge in [0, 0.05) is 24.5 Å². The molecule has 1 aromatic carbocycles. The van der Waals surface area contributed by atoms with Crippen molar-refractivity contribution < 1.29 is 9.59 Å². The monoisotopic (exact) mass is 396 g/mol. The molecule has 0 radical (unpaired) electrons. The number of rotatable bonds is 7. The van der Waals surface area contributed by atoms with Crippen LogP contribution in [0.1, 0.15) is 25.3 Å². The molecule has 1 heterocycles. The van der Waals surface area contributed by atoms with E-state index in [4.69, 9.17) is 11.6 Å². The smallest absolute Gasteiger partial charge is 0.230 e. The molecule has 1 aliphatic rings. The summed E-state index contributed by atoms with van der Waals surface area (Å²) in [5, 5.41) is 12.3. The highest BCUT2D eigenvalue weighted by atomic mass is 35.5. The van der Waals surface area contributed by atoms with Crippen molar-refractivity contribution in [1.29, 1.82) is 0 Å². The Labute approximate surface area is 159 Å². The van der Waals surface area contributed by atoms with E-state index < -0.39 is 0 Å². The Morgan fingerprint density at radius 3 is 2.88 bits per heavy atom. The van der Waals surface area contributed by atoms with Gasteiger partial charge in [0.05, 0.1) is 5.75 Å². The number of hydrogen-bond acceptors (Lipinski definition) is 6. The number of nitrogens with one attached hydrogen (secondary N) is 1. The normalized spacial score (nSPS) is 13.5. The average molecular weight is 397 g/mol. The predicted molar refractivity (Wildman–Crippen MR) is 100 cm³/mol. The van der Waals surface area contributed by atoms with Crippen molar-refractivity contribution in [3.63, 3.8) is 0 Å². The van der Waals surface area contributed by atoms with Crippen molar-refractivity contribution >= 4 is 51.6 Å². The minimum Gasteiger partial charge on any atom is -0.351 e. The molecule has 1 N–H and O–H groups in total. The van der Waals surface area contributed by atoms with Crippen LogP contribution in [-0.4, -0.2) is 33.8 Å². The number of nitrogens with zero attached hydrogens (tertiary/aromatic N) is 3. The highest BCUT2D eigenvalue weighted by Crippen LogP contribution is 2.35. The number of hydrogen-bond donors (Lipinski definition) is 1. The fourth-order valence-corrected chi connectivity index (χ4v) is 4.26. The van der Waals surface area contributed by atoms with E-state index in [1.807, 2.05) is 18.2 Å². The molecule has 2 amide bonds. The molecule has 0 aliphatic heterocycles. The molecule has 3 rings (SSSR count). The quantitative estimate of drug-likeness (QED) is 0.574. The van der Waals surface area contributed by atoms with Crippen LogP contribution < -0.4 is 10.2 Å². The molecule has 1 fully saturated rings. The van der Waals surface area contributed by atoms with Crippen LogP contribution in [0.3, 0.4) is 0 Å². The zero-order chi connectivity index (χ0) is 17.8. The van der Waals surface area contributed by atoms with E-state index >= 15 is 0 Å². The Morgan fingerprint density at radius 1 is 1.40 bits per heavy atom. The number of anilines is 1. The summed E-state index contributed by atoms with van der Waals surface area (Å²) in [6, 6.07) is 7.62. The summed E-state index contributed by atoms with van der Waals surface area (Å²) in [4.78, 5) is 25.4. The molecule has 1 aromatic heterocycles.